The molecule has 1 aromatic rings. The molecule has 1 aromatic heterocycles. The molecule has 6 heteroatoms. The van der Waals surface area contributed by atoms with Gasteiger partial charge in [0.05, 0.1) is 6.54 Å². The number of likely N-dealkylation sites (tertiary alicyclic amines) is 1. The summed E-state index contributed by atoms with van der Waals surface area (Å²) in [5, 5.41) is 3.34. The van der Waals surface area contributed by atoms with E-state index in [1.54, 1.807) is 6.26 Å². The molecule has 0 aromatic carbocycles. The first-order chi connectivity index (χ1) is 11.8. The summed E-state index contributed by atoms with van der Waals surface area (Å²) < 4.78 is 5.60. The second kappa shape index (κ2) is 6.09. The van der Waals surface area contributed by atoms with Crippen LogP contribution in [-0.2, 0) is 6.54 Å². The molecule has 0 spiro atoms. The zero-order valence-corrected chi connectivity index (χ0v) is 15.7. The standard InChI is InChI=1S/C19H30N4O2/c1-18(2)8-14-9-19(3,12-18)13-23(14)17(24)15-11-25-16(21-15)10-22-6-4-20-5-7-22/h11,14,20H,4-10,12-13H2,1-3H3. The van der Waals surface area contributed by atoms with Gasteiger partial charge in [-0.15, -0.1) is 0 Å². The van der Waals surface area contributed by atoms with Gasteiger partial charge in [0, 0.05) is 38.8 Å². The summed E-state index contributed by atoms with van der Waals surface area (Å²) >= 11 is 0. The number of hydrogen-bond donors (Lipinski definition) is 1. The molecule has 2 atom stereocenters. The van der Waals surface area contributed by atoms with Crippen molar-refractivity contribution in [1.82, 2.24) is 20.1 Å². The van der Waals surface area contributed by atoms with Gasteiger partial charge in [-0.2, -0.15) is 0 Å². The molecule has 4 rings (SSSR count). The molecule has 1 aliphatic carbocycles. The average Bonchev–Trinajstić information content (AvgIpc) is 3.09. The number of hydrogen-bond acceptors (Lipinski definition) is 5. The van der Waals surface area contributed by atoms with Crippen LogP contribution in [-0.4, -0.2) is 59.5 Å². The normalized spacial score (nSPS) is 32.1. The molecule has 25 heavy (non-hydrogen) atoms. The number of fused-ring (bicyclic) bond motifs is 2. The number of amides is 1. The highest BCUT2D eigenvalue weighted by Crippen LogP contribution is 2.52. The van der Waals surface area contributed by atoms with Crippen molar-refractivity contribution in [2.75, 3.05) is 32.7 Å². The van der Waals surface area contributed by atoms with E-state index in [0.29, 0.717) is 29.6 Å². The summed E-state index contributed by atoms with van der Waals surface area (Å²) in [6.45, 7) is 12.5. The molecule has 0 radical (unpaired) electrons. The highest BCUT2D eigenvalue weighted by molar-refractivity contribution is 5.92. The minimum Gasteiger partial charge on any atom is -0.447 e. The molecule has 1 saturated carbocycles. The number of oxazole rings is 1. The Bertz CT molecular complexity index is 650. The van der Waals surface area contributed by atoms with E-state index in [2.05, 4.69) is 40.9 Å². The first kappa shape index (κ1) is 17.0. The van der Waals surface area contributed by atoms with Crippen LogP contribution in [0, 0.1) is 10.8 Å². The van der Waals surface area contributed by atoms with Crippen molar-refractivity contribution in [2.24, 2.45) is 10.8 Å². The third-order valence-corrected chi connectivity index (χ3v) is 6.02. The minimum absolute atomic E-state index is 0.0433. The molecule has 1 N–H and O–H groups in total. The van der Waals surface area contributed by atoms with Crippen LogP contribution < -0.4 is 5.32 Å². The number of nitrogens with zero attached hydrogens (tertiary/aromatic N) is 3. The molecule has 6 nitrogen and oxygen atoms in total. The molecule has 2 saturated heterocycles. The Morgan fingerprint density at radius 2 is 2.08 bits per heavy atom. The van der Waals surface area contributed by atoms with E-state index in [-0.39, 0.29) is 11.3 Å². The lowest BCUT2D eigenvalue weighted by molar-refractivity contribution is 0.0702. The highest BCUT2D eigenvalue weighted by Gasteiger charge is 2.51. The number of carbonyl (C=O) groups is 1. The van der Waals surface area contributed by atoms with E-state index < -0.39 is 0 Å². The Morgan fingerprint density at radius 1 is 1.32 bits per heavy atom. The summed E-state index contributed by atoms with van der Waals surface area (Å²) in [5.41, 5.74) is 1.03. The fraction of sp³-hybridized carbons (Fsp3) is 0.789. The van der Waals surface area contributed by atoms with Crippen LogP contribution in [0.5, 0.6) is 0 Å². The third-order valence-electron chi connectivity index (χ3n) is 6.02. The molecule has 138 valence electrons. The van der Waals surface area contributed by atoms with Crippen LogP contribution in [0.25, 0.3) is 0 Å². The Hall–Kier alpha value is -1.40. The first-order valence-corrected chi connectivity index (χ1v) is 9.52. The number of rotatable bonds is 3. The summed E-state index contributed by atoms with van der Waals surface area (Å²) in [6.07, 6.45) is 4.94. The number of carbonyl (C=O) groups excluding carboxylic acids is 1. The lowest BCUT2D eigenvalue weighted by Gasteiger charge is -2.39. The smallest absolute Gasteiger partial charge is 0.276 e. The predicted octanol–water partition coefficient (Wildman–Crippen LogP) is 2.12. The van der Waals surface area contributed by atoms with Crippen LogP contribution in [0.1, 0.15) is 56.4 Å². The Kier molecular flexibility index (Phi) is 4.15. The van der Waals surface area contributed by atoms with E-state index >= 15 is 0 Å². The quantitative estimate of drug-likeness (QED) is 0.908. The van der Waals surface area contributed by atoms with Gasteiger partial charge in [0.25, 0.3) is 5.91 Å². The molecule has 3 fully saturated rings. The zero-order valence-electron chi connectivity index (χ0n) is 15.7. The van der Waals surface area contributed by atoms with Crippen molar-refractivity contribution in [3.05, 3.63) is 17.8 Å². The molecule has 1 amide bonds. The number of piperazine rings is 1. The van der Waals surface area contributed by atoms with Crippen LogP contribution in [0.2, 0.25) is 0 Å². The molecule has 3 heterocycles. The van der Waals surface area contributed by atoms with E-state index in [9.17, 15) is 4.79 Å². The van der Waals surface area contributed by atoms with Gasteiger partial charge in [-0.3, -0.25) is 9.69 Å². The van der Waals surface area contributed by atoms with Gasteiger partial charge in [0.15, 0.2) is 5.69 Å². The average molecular weight is 346 g/mol. The molecule has 3 aliphatic rings. The van der Waals surface area contributed by atoms with Crippen molar-refractivity contribution >= 4 is 5.91 Å². The fourth-order valence-electron chi connectivity index (χ4n) is 5.39. The Balaban J connectivity index is 1.45. The molecular formula is C19H30N4O2. The fourth-order valence-corrected chi connectivity index (χ4v) is 5.39. The Morgan fingerprint density at radius 3 is 2.84 bits per heavy atom. The predicted molar refractivity (Wildman–Crippen MR) is 95.2 cm³/mol. The second-order valence-corrected chi connectivity index (χ2v) is 9.30. The van der Waals surface area contributed by atoms with Crippen LogP contribution in [0.4, 0.5) is 0 Å². The van der Waals surface area contributed by atoms with E-state index in [0.717, 1.165) is 45.6 Å². The third kappa shape index (κ3) is 3.47. The van der Waals surface area contributed by atoms with Gasteiger partial charge in [0.1, 0.15) is 6.26 Å². The highest BCUT2D eigenvalue weighted by atomic mass is 16.3. The van der Waals surface area contributed by atoms with E-state index in [1.165, 1.54) is 6.42 Å². The minimum atomic E-state index is 0.0433. The van der Waals surface area contributed by atoms with Crippen molar-refractivity contribution in [1.29, 1.82) is 0 Å². The zero-order chi connectivity index (χ0) is 17.7. The lowest BCUT2D eigenvalue weighted by atomic mass is 9.65. The summed E-state index contributed by atoms with van der Waals surface area (Å²) in [6, 6.07) is 0.342. The maximum atomic E-state index is 13.0. The van der Waals surface area contributed by atoms with Crippen LogP contribution in [0.15, 0.2) is 10.7 Å². The molecular weight excluding hydrogens is 316 g/mol. The summed E-state index contributed by atoms with van der Waals surface area (Å²) in [7, 11) is 0. The van der Waals surface area contributed by atoms with Gasteiger partial charge in [-0.05, 0) is 30.1 Å². The van der Waals surface area contributed by atoms with E-state index in [1.807, 2.05) is 0 Å². The molecule has 2 aliphatic heterocycles. The topological polar surface area (TPSA) is 61.6 Å². The van der Waals surface area contributed by atoms with Crippen LogP contribution >= 0.6 is 0 Å². The second-order valence-electron chi connectivity index (χ2n) is 9.30. The Labute approximate surface area is 149 Å². The van der Waals surface area contributed by atoms with Crippen molar-refractivity contribution in [2.45, 2.75) is 52.6 Å². The largest absolute Gasteiger partial charge is 0.447 e. The number of aromatic nitrogens is 1. The monoisotopic (exact) mass is 346 g/mol. The van der Waals surface area contributed by atoms with Gasteiger partial charge in [0.2, 0.25) is 5.89 Å². The van der Waals surface area contributed by atoms with Gasteiger partial charge < -0.3 is 14.6 Å². The van der Waals surface area contributed by atoms with Gasteiger partial charge >= 0.3 is 0 Å². The molecule has 2 bridgehead atoms. The summed E-state index contributed by atoms with van der Waals surface area (Å²) in [5.74, 6) is 0.695. The SMILES string of the molecule is CC1(C)CC2CC(C)(CN2C(=O)c2coc(CN3CCNCC3)n2)C1. The van der Waals surface area contributed by atoms with Crippen molar-refractivity contribution < 1.29 is 9.21 Å². The van der Waals surface area contributed by atoms with Gasteiger partial charge in [-0.25, -0.2) is 4.98 Å². The van der Waals surface area contributed by atoms with Gasteiger partial charge in [-0.1, -0.05) is 20.8 Å². The maximum absolute atomic E-state index is 13.0. The van der Waals surface area contributed by atoms with Crippen LogP contribution in [0.3, 0.4) is 0 Å². The maximum Gasteiger partial charge on any atom is 0.276 e. The summed E-state index contributed by atoms with van der Waals surface area (Å²) in [4.78, 5) is 21.9. The lowest BCUT2D eigenvalue weighted by Crippen LogP contribution is -2.43. The molecule has 2 unspecified atom stereocenters. The van der Waals surface area contributed by atoms with E-state index in [4.69, 9.17) is 4.42 Å². The van der Waals surface area contributed by atoms with Crippen molar-refractivity contribution in [3.63, 3.8) is 0 Å². The number of nitrogens with one attached hydrogen (secondary N) is 1. The first-order valence-electron chi connectivity index (χ1n) is 9.52. The van der Waals surface area contributed by atoms with Crippen molar-refractivity contribution in [3.8, 4) is 0 Å².